The molecule has 0 spiro atoms. The average molecular weight is 340 g/mol. The lowest BCUT2D eigenvalue weighted by atomic mass is 10.2. The largest absolute Gasteiger partial charge is 0.481 e. The number of carboxylic acids is 1. The van der Waals surface area contributed by atoms with Gasteiger partial charge in [0.05, 0.1) is 17.8 Å². The summed E-state index contributed by atoms with van der Waals surface area (Å²) in [5, 5.41) is 13.4. The molecule has 0 bridgehead atoms. The number of carboxylic acid groups (broad SMARTS) is 1. The number of nitrogens with zero attached hydrogens (tertiary/aromatic N) is 4. The lowest BCUT2D eigenvalue weighted by molar-refractivity contribution is -0.136. The molecule has 2 aromatic heterocycles. The Kier molecular flexibility index (Phi) is 4.39. The number of hydrogen-bond acceptors (Lipinski definition) is 4. The summed E-state index contributed by atoms with van der Waals surface area (Å²) in [7, 11) is 0. The van der Waals surface area contributed by atoms with E-state index in [-0.39, 0.29) is 24.1 Å². The van der Waals surface area contributed by atoms with Crippen molar-refractivity contribution in [1.29, 1.82) is 0 Å². The Labute approximate surface area is 144 Å². The van der Waals surface area contributed by atoms with Crippen molar-refractivity contribution in [1.82, 2.24) is 19.3 Å². The number of fused-ring (bicyclic) bond motifs is 1. The fourth-order valence-electron chi connectivity index (χ4n) is 2.86. The Morgan fingerprint density at radius 3 is 2.48 bits per heavy atom. The molecule has 1 N–H and O–H groups in total. The van der Waals surface area contributed by atoms with Crippen LogP contribution in [0.5, 0.6) is 0 Å². The molecule has 0 fully saturated rings. The summed E-state index contributed by atoms with van der Waals surface area (Å²) < 4.78 is 3.34. The minimum absolute atomic E-state index is 0.110. The van der Waals surface area contributed by atoms with Gasteiger partial charge >= 0.3 is 5.97 Å². The van der Waals surface area contributed by atoms with Crippen LogP contribution in [0.4, 0.5) is 0 Å². The molecule has 0 unspecified atom stereocenters. The molecule has 3 rings (SSSR count). The van der Waals surface area contributed by atoms with Crippen LogP contribution >= 0.6 is 0 Å². The molecule has 0 aliphatic rings. The Hall–Kier alpha value is -2.96. The van der Waals surface area contributed by atoms with E-state index in [0.717, 1.165) is 11.3 Å². The van der Waals surface area contributed by atoms with Gasteiger partial charge in [-0.05, 0) is 32.9 Å². The zero-order valence-electron chi connectivity index (χ0n) is 14.5. The Bertz CT molecular complexity index is 1000. The van der Waals surface area contributed by atoms with E-state index in [1.54, 1.807) is 9.25 Å². The quantitative estimate of drug-likeness (QED) is 0.769. The highest BCUT2D eigenvalue weighted by Crippen LogP contribution is 2.20. The van der Waals surface area contributed by atoms with Gasteiger partial charge in [0.15, 0.2) is 5.65 Å². The van der Waals surface area contributed by atoms with Crippen LogP contribution in [0.3, 0.4) is 0 Å². The molecule has 0 atom stereocenters. The van der Waals surface area contributed by atoms with E-state index in [0.29, 0.717) is 23.4 Å². The molecule has 2 heterocycles. The summed E-state index contributed by atoms with van der Waals surface area (Å²) in [6.07, 6.45) is -0.0120. The third-order valence-electron chi connectivity index (χ3n) is 4.17. The molecule has 130 valence electrons. The summed E-state index contributed by atoms with van der Waals surface area (Å²) in [5.74, 6) is -0.948. The molecular weight excluding hydrogens is 320 g/mol. The fourth-order valence-corrected chi connectivity index (χ4v) is 2.86. The van der Waals surface area contributed by atoms with Gasteiger partial charge in [0.2, 0.25) is 0 Å². The van der Waals surface area contributed by atoms with Crippen LogP contribution in [0.1, 0.15) is 30.3 Å². The van der Waals surface area contributed by atoms with Crippen molar-refractivity contribution in [3.63, 3.8) is 0 Å². The number of aromatic nitrogens is 4. The van der Waals surface area contributed by atoms with E-state index in [2.05, 4.69) is 10.1 Å². The van der Waals surface area contributed by atoms with E-state index in [1.807, 2.05) is 45.0 Å². The predicted molar refractivity (Wildman–Crippen MR) is 94.2 cm³/mol. The van der Waals surface area contributed by atoms with Crippen molar-refractivity contribution in [3.8, 4) is 5.69 Å². The summed E-state index contributed by atoms with van der Waals surface area (Å²) in [4.78, 5) is 28.0. The van der Waals surface area contributed by atoms with Gasteiger partial charge in [0.1, 0.15) is 11.2 Å². The van der Waals surface area contributed by atoms with Crippen LogP contribution in [0.25, 0.3) is 16.9 Å². The molecule has 0 radical (unpaired) electrons. The third-order valence-corrected chi connectivity index (χ3v) is 4.17. The summed E-state index contributed by atoms with van der Waals surface area (Å²) in [6.45, 7) is 6.18. The molecule has 7 heteroatoms. The van der Waals surface area contributed by atoms with Crippen molar-refractivity contribution in [2.45, 2.75) is 40.2 Å². The smallest absolute Gasteiger partial charge is 0.303 e. The van der Waals surface area contributed by atoms with E-state index < -0.39 is 5.97 Å². The summed E-state index contributed by atoms with van der Waals surface area (Å²) in [5.41, 5.74) is 3.96. The molecule has 7 nitrogen and oxygen atoms in total. The second kappa shape index (κ2) is 6.51. The average Bonchev–Trinajstić information content (AvgIpc) is 2.90. The van der Waals surface area contributed by atoms with Gasteiger partial charge in [-0.25, -0.2) is 9.67 Å². The van der Waals surface area contributed by atoms with Gasteiger partial charge in [-0.3, -0.25) is 14.2 Å². The highest BCUT2D eigenvalue weighted by molar-refractivity contribution is 5.76. The maximum absolute atomic E-state index is 12.7. The molecular formula is C18H20N4O3. The first-order valence-corrected chi connectivity index (χ1v) is 8.20. The lowest BCUT2D eigenvalue weighted by Crippen LogP contribution is -2.26. The molecule has 1 aromatic carbocycles. The maximum Gasteiger partial charge on any atom is 0.303 e. The first-order valence-electron chi connectivity index (χ1n) is 8.20. The normalized spacial score (nSPS) is 11.2. The Balaban J connectivity index is 2.25. The number of aliphatic carboxylic acids is 1. The second-order valence-corrected chi connectivity index (χ2v) is 6.01. The van der Waals surface area contributed by atoms with Crippen LogP contribution in [-0.4, -0.2) is 30.4 Å². The van der Waals surface area contributed by atoms with Crippen LogP contribution in [0, 0.1) is 13.8 Å². The van der Waals surface area contributed by atoms with E-state index >= 15 is 0 Å². The third kappa shape index (κ3) is 3.05. The highest BCUT2D eigenvalue weighted by Gasteiger charge is 2.18. The van der Waals surface area contributed by atoms with Crippen molar-refractivity contribution in [2.24, 2.45) is 0 Å². The van der Waals surface area contributed by atoms with E-state index in [9.17, 15) is 9.59 Å². The zero-order valence-corrected chi connectivity index (χ0v) is 14.5. The van der Waals surface area contributed by atoms with Crippen molar-refractivity contribution in [3.05, 3.63) is 51.6 Å². The molecule has 3 aromatic rings. The fraction of sp³-hybridized carbons (Fsp3) is 0.333. The molecule has 0 saturated heterocycles. The number of aryl methyl sites for hydroxylation is 4. The van der Waals surface area contributed by atoms with Gasteiger partial charge in [-0.1, -0.05) is 17.7 Å². The van der Waals surface area contributed by atoms with Gasteiger partial charge in [0, 0.05) is 13.0 Å². The first kappa shape index (κ1) is 16.9. The molecule has 0 aliphatic carbocycles. The van der Waals surface area contributed by atoms with Crippen LogP contribution in [0.2, 0.25) is 0 Å². The molecule has 25 heavy (non-hydrogen) atoms. The Morgan fingerprint density at radius 2 is 1.88 bits per heavy atom. The van der Waals surface area contributed by atoms with Crippen molar-refractivity contribution < 1.29 is 9.90 Å². The van der Waals surface area contributed by atoms with Crippen molar-refractivity contribution >= 4 is 17.1 Å². The predicted octanol–water partition coefficient (Wildman–Crippen LogP) is 2.24. The number of benzene rings is 1. The minimum atomic E-state index is -0.948. The van der Waals surface area contributed by atoms with Gasteiger partial charge in [0.25, 0.3) is 5.56 Å². The van der Waals surface area contributed by atoms with Gasteiger partial charge in [-0.2, -0.15) is 5.10 Å². The molecule has 0 amide bonds. The monoisotopic (exact) mass is 340 g/mol. The number of carbonyl (C=O) groups is 1. The SMILES string of the molecule is CCn1c(=O)c(CCC(=O)O)nc2c(C)nn(-c3ccc(C)cc3)c21. The van der Waals surface area contributed by atoms with E-state index in [4.69, 9.17) is 5.11 Å². The molecule has 0 aliphatic heterocycles. The van der Waals surface area contributed by atoms with Crippen molar-refractivity contribution in [2.75, 3.05) is 0 Å². The summed E-state index contributed by atoms with van der Waals surface area (Å²) in [6, 6.07) is 7.87. The first-order chi connectivity index (χ1) is 11.9. The lowest BCUT2D eigenvalue weighted by Gasteiger charge is -2.10. The van der Waals surface area contributed by atoms with Crippen LogP contribution in [0.15, 0.2) is 29.1 Å². The minimum Gasteiger partial charge on any atom is -0.481 e. The van der Waals surface area contributed by atoms with E-state index in [1.165, 1.54) is 0 Å². The molecule has 0 saturated carbocycles. The van der Waals surface area contributed by atoms with Crippen LogP contribution in [-0.2, 0) is 17.8 Å². The number of rotatable bonds is 5. The van der Waals surface area contributed by atoms with Crippen LogP contribution < -0.4 is 5.56 Å². The maximum atomic E-state index is 12.7. The van der Waals surface area contributed by atoms with Gasteiger partial charge in [-0.15, -0.1) is 0 Å². The number of hydrogen-bond donors (Lipinski definition) is 1. The topological polar surface area (TPSA) is 90.0 Å². The highest BCUT2D eigenvalue weighted by atomic mass is 16.4. The van der Waals surface area contributed by atoms with Gasteiger partial charge < -0.3 is 5.11 Å². The Morgan fingerprint density at radius 1 is 1.20 bits per heavy atom. The summed E-state index contributed by atoms with van der Waals surface area (Å²) >= 11 is 0. The zero-order chi connectivity index (χ0) is 18.1. The standard InChI is InChI=1S/C18H20N4O3/c1-4-21-17-16(19-14(18(21)25)9-10-15(23)24)12(3)20-22(17)13-7-5-11(2)6-8-13/h5-8H,4,9-10H2,1-3H3,(H,23,24). The second-order valence-electron chi connectivity index (χ2n) is 6.01.